The van der Waals surface area contributed by atoms with E-state index in [2.05, 4.69) is 73.0 Å². The van der Waals surface area contributed by atoms with Crippen molar-refractivity contribution >= 4 is 22.5 Å². The fourth-order valence-electron chi connectivity index (χ4n) is 2.46. The Morgan fingerprint density at radius 3 is 2.75 bits per heavy atom. The molecule has 1 aliphatic heterocycles. The average Bonchev–Trinajstić information content (AvgIpc) is 2.53. The van der Waals surface area contributed by atoms with Gasteiger partial charge in [0.25, 0.3) is 0 Å². The van der Waals surface area contributed by atoms with E-state index in [-0.39, 0.29) is 6.10 Å². The number of hydrogen-bond donors (Lipinski definition) is 0. The summed E-state index contributed by atoms with van der Waals surface area (Å²) in [6.45, 7) is 2.18. The molecule has 1 aliphatic rings. The van der Waals surface area contributed by atoms with Gasteiger partial charge in [-0.25, -0.2) is 0 Å². The second kappa shape index (κ2) is 6.19. The summed E-state index contributed by atoms with van der Waals surface area (Å²) in [4.78, 5) is 0. The smallest absolute Gasteiger partial charge is 0.127 e. The number of allylic oxidation sites excluding steroid dienone is 2. The highest BCUT2D eigenvalue weighted by Gasteiger charge is 2.20. The van der Waals surface area contributed by atoms with E-state index in [4.69, 9.17) is 4.74 Å². The van der Waals surface area contributed by atoms with Crippen molar-refractivity contribution in [3.8, 4) is 5.75 Å². The van der Waals surface area contributed by atoms with Gasteiger partial charge in [-0.3, -0.25) is 0 Å². The van der Waals surface area contributed by atoms with E-state index in [1.54, 1.807) is 0 Å². The van der Waals surface area contributed by atoms with Crippen molar-refractivity contribution in [2.24, 2.45) is 0 Å². The Bertz CT molecular complexity index is 639. The number of ether oxygens (including phenoxy) is 1. The van der Waals surface area contributed by atoms with Gasteiger partial charge in [-0.1, -0.05) is 61.5 Å². The highest BCUT2D eigenvalue weighted by Crippen LogP contribution is 2.30. The normalized spacial score (nSPS) is 19.1. The predicted octanol–water partition coefficient (Wildman–Crippen LogP) is 5.18. The first-order valence-corrected chi connectivity index (χ1v) is 7.96. The van der Waals surface area contributed by atoms with Crippen LogP contribution in [0.25, 0.3) is 10.8 Å². The number of hydrogen-bond acceptors (Lipinski definition) is 2. The molecule has 0 saturated heterocycles. The summed E-state index contributed by atoms with van der Waals surface area (Å²) < 4.78 is 6.31. The number of thioether (sulfide) groups is 1. The van der Waals surface area contributed by atoms with E-state index in [1.165, 1.54) is 10.8 Å². The summed E-state index contributed by atoms with van der Waals surface area (Å²) in [5, 5.41) is 4.95. The number of fused-ring (bicyclic) bond motifs is 1. The standard InChI is InChI=1S/C18H18OS/c1-2-16(18-12-5-6-13-20-18)19-17-11-7-9-14-8-3-4-10-15(14)17/h3-13,16,18H,2H2,1H3/t16?,18-/m1/s1. The van der Waals surface area contributed by atoms with Crippen molar-refractivity contribution in [2.75, 3.05) is 0 Å². The first-order chi connectivity index (χ1) is 9.88. The third-order valence-electron chi connectivity index (χ3n) is 3.52. The van der Waals surface area contributed by atoms with Crippen LogP contribution < -0.4 is 4.74 Å². The lowest BCUT2D eigenvalue weighted by molar-refractivity contribution is 0.208. The summed E-state index contributed by atoms with van der Waals surface area (Å²) in [6, 6.07) is 14.6. The fourth-order valence-corrected chi connectivity index (χ4v) is 3.42. The SMILES string of the molecule is CCC(Oc1cccc2ccccc12)[C@H]1C=CC=CS1. The van der Waals surface area contributed by atoms with Crippen LogP contribution in [0.2, 0.25) is 0 Å². The van der Waals surface area contributed by atoms with E-state index in [0.717, 1.165) is 12.2 Å². The minimum absolute atomic E-state index is 0.201. The van der Waals surface area contributed by atoms with Crippen LogP contribution in [0.1, 0.15) is 13.3 Å². The molecule has 0 saturated carbocycles. The molecule has 3 rings (SSSR count). The van der Waals surface area contributed by atoms with Gasteiger partial charge in [0.1, 0.15) is 11.9 Å². The minimum atomic E-state index is 0.201. The van der Waals surface area contributed by atoms with Gasteiger partial charge in [0.2, 0.25) is 0 Å². The zero-order valence-electron chi connectivity index (χ0n) is 11.5. The molecule has 1 heterocycles. The molecule has 0 amide bonds. The zero-order chi connectivity index (χ0) is 13.8. The Hall–Kier alpha value is -1.67. The van der Waals surface area contributed by atoms with Crippen molar-refractivity contribution in [1.29, 1.82) is 0 Å². The van der Waals surface area contributed by atoms with E-state index >= 15 is 0 Å². The topological polar surface area (TPSA) is 9.23 Å². The lowest BCUT2D eigenvalue weighted by atomic mass is 10.1. The molecule has 2 aromatic rings. The first kappa shape index (κ1) is 13.3. The minimum Gasteiger partial charge on any atom is -0.488 e. The van der Waals surface area contributed by atoms with Crippen LogP contribution in [0.15, 0.2) is 66.1 Å². The van der Waals surface area contributed by atoms with Gasteiger partial charge >= 0.3 is 0 Å². The van der Waals surface area contributed by atoms with E-state index in [0.29, 0.717) is 5.25 Å². The highest BCUT2D eigenvalue weighted by atomic mass is 32.2. The molecule has 102 valence electrons. The van der Waals surface area contributed by atoms with Crippen molar-refractivity contribution in [1.82, 2.24) is 0 Å². The molecule has 0 bridgehead atoms. The Labute approximate surface area is 124 Å². The Balaban J connectivity index is 1.87. The molecule has 0 fully saturated rings. The molecule has 0 radical (unpaired) electrons. The molecule has 1 nitrogen and oxygen atoms in total. The maximum Gasteiger partial charge on any atom is 0.127 e. The summed E-state index contributed by atoms with van der Waals surface area (Å²) in [6.07, 6.45) is 7.61. The molecular formula is C18H18OS. The lowest BCUT2D eigenvalue weighted by Crippen LogP contribution is -2.27. The Kier molecular flexibility index (Phi) is 4.12. The lowest BCUT2D eigenvalue weighted by Gasteiger charge is -2.25. The molecule has 2 atom stereocenters. The van der Waals surface area contributed by atoms with Gasteiger partial charge in [-0.15, -0.1) is 11.8 Å². The third kappa shape index (κ3) is 2.75. The summed E-state index contributed by atoms with van der Waals surface area (Å²) in [5.74, 6) is 0.985. The summed E-state index contributed by atoms with van der Waals surface area (Å²) in [7, 11) is 0. The quantitative estimate of drug-likeness (QED) is 0.764. The van der Waals surface area contributed by atoms with Gasteiger partial charge in [0.15, 0.2) is 0 Å². The summed E-state index contributed by atoms with van der Waals surface area (Å²) in [5.41, 5.74) is 0. The molecule has 2 heteroatoms. The Morgan fingerprint density at radius 2 is 1.95 bits per heavy atom. The maximum absolute atomic E-state index is 6.31. The van der Waals surface area contributed by atoms with E-state index < -0.39 is 0 Å². The zero-order valence-corrected chi connectivity index (χ0v) is 12.3. The second-order valence-corrected chi connectivity index (χ2v) is 5.94. The van der Waals surface area contributed by atoms with Crippen LogP contribution in [-0.4, -0.2) is 11.4 Å². The largest absolute Gasteiger partial charge is 0.488 e. The van der Waals surface area contributed by atoms with Crippen molar-refractivity contribution in [2.45, 2.75) is 24.7 Å². The number of rotatable bonds is 4. The molecule has 0 aliphatic carbocycles. The molecule has 0 aromatic heterocycles. The average molecular weight is 282 g/mol. The van der Waals surface area contributed by atoms with Crippen LogP contribution in [0.4, 0.5) is 0 Å². The van der Waals surface area contributed by atoms with Gasteiger partial charge in [-0.2, -0.15) is 0 Å². The second-order valence-electron chi connectivity index (χ2n) is 4.86. The van der Waals surface area contributed by atoms with Crippen LogP contribution >= 0.6 is 11.8 Å². The monoisotopic (exact) mass is 282 g/mol. The highest BCUT2D eigenvalue weighted by molar-refractivity contribution is 8.03. The van der Waals surface area contributed by atoms with Crippen LogP contribution in [-0.2, 0) is 0 Å². The summed E-state index contributed by atoms with van der Waals surface area (Å²) >= 11 is 1.83. The fraction of sp³-hybridized carbons (Fsp3) is 0.222. The van der Waals surface area contributed by atoms with E-state index in [1.807, 2.05) is 11.8 Å². The van der Waals surface area contributed by atoms with Crippen LogP contribution in [0.3, 0.4) is 0 Å². The first-order valence-electron chi connectivity index (χ1n) is 7.01. The van der Waals surface area contributed by atoms with Crippen molar-refractivity contribution in [3.63, 3.8) is 0 Å². The molecule has 1 unspecified atom stereocenters. The van der Waals surface area contributed by atoms with E-state index in [9.17, 15) is 0 Å². The van der Waals surface area contributed by atoms with Crippen molar-refractivity contribution in [3.05, 3.63) is 66.1 Å². The van der Waals surface area contributed by atoms with Gasteiger partial charge in [-0.05, 0) is 23.3 Å². The van der Waals surface area contributed by atoms with Gasteiger partial charge < -0.3 is 4.74 Å². The Morgan fingerprint density at radius 1 is 1.10 bits per heavy atom. The third-order valence-corrected chi connectivity index (χ3v) is 4.61. The molecule has 0 N–H and O–H groups in total. The molecule has 0 spiro atoms. The predicted molar refractivity (Wildman–Crippen MR) is 88.3 cm³/mol. The van der Waals surface area contributed by atoms with Gasteiger partial charge in [0.05, 0.1) is 5.25 Å². The van der Waals surface area contributed by atoms with Gasteiger partial charge in [0, 0.05) is 5.39 Å². The molecule has 20 heavy (non-hydrogen) atoms. The molecular weight excluding hydrogens is 264 g/mol. The van der Waals surface area contributed by atoms with Crippen molar-refractivity contribution < 1.29 is 4.74 Å². The number of benzene rings is 2. The maximum atomic E-state index is 6.31. The van der Waals surface area contributed by atoms with Crippen LogP contribution in [0, 0.1) is 0 Å². The van der Waals surface area contributed by atoms with Crippen LogP contribution in [0.5, 0.6) is 5.75 Å². The molecule has 2 aromatic carbocycles.